The van der Waals surface area contributed by atoms with Crippen molar-refractivity contribution in [2.75, 3.05) is 6.54 Å². The molecule has 5 nitrogen and oxygen atoms in total. The number of carbonyl (C=O) groups excluding carboxylic acids is 1. The molecule has 3 rings (SSSR count). The number of fused-ring (bicyclic) bond motifs is 1. The van der Waals surface area contributed by atoms with E-state index in [9.17, 15) is 4.79 Å². The largest absolute Gasteiger partial charge is 0.355 e. The van der Waals surface area contributed by atoms with E-state index >= 15 is 0 Å². The maximum Gasteiger partial charge on any atom is 0.224 e. The highest BCUT2D eigenvalue weighted by Gasteiger charge is 2.06. The van der Waals surface area contributed by atoms with Gasteiger partial charge in [-0.1, -0.05) is 34.1 Å². The van der Waals surface area contributed by atoms with Crippen molar-refractivity contribution in [1.29, 1.82) is 0 Å². The summed E-state index contributed by atoms with van der Waals surface area (Å²) < 4.78 is 2.94. The van der Waals surface area contributed by atoms with Gasteiger partial charge in [0.2, 0.25) is 5.91 Å². The number of hydrogen-bond acceptors (Lipinski definition) is 3. The zero-order valence-electron chi connectivity index (χ0n) is 11.9. The van der Waals surface area contributed by atoms with Gasteiger partial charge >= 0.3 is 0 Å². The van der Waals surface area contributed by atoms with Crippen molar-refractivity contribution < 1.29 is 4.79 Å². The Bertz CT molecular complexity index is 782. The Morgan fingerprint density at radius 1 is 1.14 bits per heavy atom. The van der Waals surface area contributed by atoms with Crippen LogP contribution < -0.4 is 5.32 Å². The Hall–Kier alpha value is -2.21. The lowest BCUT2D eigenvalue weighted by Gasteiger charge is -2.05. The van der Waals surface area contributed by atoms with E-state index < -0.39 is 0 Å². The Morgan fingerprint density at radius 3 is 2.77 bits per heavy atom. The van der Waals surface area contributed by atoms with E-state index in [1.807, 2.05) is 53.1 Å². The molecule has 0 fully saturated rings. The molecule has 1 aromatic carbocycles. The maximum absolute atomic E-state index is 11.9. The summed E-state index contributed by atoms with van der Waals surface area (Å²) in [7, 11) is 0. The fourth-order valence-corrected chi connectivity index (χ4v) is 2.49. The van der Waals surface area contributed by atoms with Gasteiger partial charge in [-0.05, 0) is 29.8 Å². The predicted molar refractivity (Wildman–Crippen MR) is 87.5 cm³/mol. The van der Waals surface area contributed by atoms with Crippen LogP contribution in [0.4, 0.5) is 0 Å². The highest BCUT2D eigenvalue weighted by atomic mass is 79.9. The van der Waals surface area contributed by atoms with Crippen molar-refractivity contribution >= 4 is 27.5 Å². The van der Waals surface area contributed by atoms with E-state index in [-0.39, 0.29) is 5.91 Å². The van der Waals surface area contributed by atoms with Gasteiger partial charge in [0, 0.05) is 23.6 Å². The lowest BCUT2D eigenvalue weighted by atomic mass is 10.1. The van der Waals surface area contributed by atoms with Crippen LogP contribution in [0.1, 0.15) is 11.4 Å². The van der Waals surface area contributed by atoms with Gasteiger partial charge in [-0.3, -0.25) is 9.20 Å². The lowest BCUT2D eigenvalue weighted by Crippen LogP contribution is -2.27. The molecule has 0 atom stereocenters. The van der Waals surface area contributed by atoms with Crippen LogP contribution in [0.5, 0.6) is 0 Å². The summed E-state index contributed by atoms with van der Waals surface area (Å²) in [5.41, 5.74) is 1.81. The van der Waals surface area contributed by atoms with Crippen molar-refractivity contribution in [2.24, 2.45) is 0 Å². The van der Waals surface area contributed by atoms with Crippen molar-refractivity contribution in [3.05, 3.63) is 64.5 Å². The molecule has 0 saturated carbocycles. The van der Waals surface area contributed by atoms with Crippen LogP contribution in [0.3, 0.4) is 0 Å². The highest BCUT2D eigenvalue weighted by Crippen LogP contribution is 2.10. The van der Waals surface area contributed by atoms with Gasteiger partial charge in [0.25, 0.3) is 0 Å². The maximum atomic E-state index is 11.9. The van der Waals surface area contributed by atoms with Crippen LogP contribution >= 0.6 is 15.9 Å². The molecule has 0 aliphatic carbocycles. The summed E-state index contributed by atoms with van der Waals surface area (Å²) in [6.07, 6.45) is 2.96. The zero-order valence-corrected chi connectivity index (χ0v) is 13.5. The molecule has 0 aliphatic heterocycles. The third-order valence-electron chi connectivity index (χ3n) is 3.33. The average molecular weight is 359 g/mol. The van der Waals surface area contributed by atoms with E-state index in [2.05, 4.69) is 31.4 Å². The molecule has 22 heavy (non-hydrogen) atoms. The second kappa shape index (κ2) is 6.70. The third kappa shape index (κ3) is 3.51. The molecule has 112 valence electrons. The number of amides is 1. The van der Waals surface area contributed by atoms with Crippen LogP contribution in [0.2, 0.25) is 0 Å². The molecular weight excluding hydrogens is 344 g/mol. The molecule has 0 unspecified atom stereocenters. The number of carbonyl (C=O) groups is 1. The average Bonchev–Trinajstić information content (AvgIpc) is 2.93. The molecule has 0 radical (unpaired) electrons. The number of halogens is 1. The summed E-state index contributed by atoms with van der Waals surface area (Å²) in [6.45, 7) is 0.547. The van der Waals surface area contributed by atoms with Gasteiger partial charge in [-0.25, -0.2) is 0 Å². The number of aromatic nitrogens is 3. The quantitative estimate of drug-likeness (QED) is 0.761. The number of hydrogen-bond donors (Lipinski definition) is 1. The van der Waals surface area contributed by atoms with Gasteiger partial charge in [-0.2, -0.15) is 0 Å². The van der Waals surface area contributed by atoms with Crippen LogP contribution in [0.15, 0.2) is 53.1 Å². The number of pyridine rings is 1. The molecule has 6 heteroatoms. The first-order valence-corrected chi connectivity index (χ1v) is 7.81. The summed E-state index contributed by atoms with van der Waals surface area (Å²) in [4.78, 5) is 11.9. The van der Waals surface area contributed by atoms with Gasteiger partial charge < -0.3 is 5.32 Å². The zero-order chi connectivity index (χ0) is 15.4. The van der Waals surface area contributed by atoms with E-state index in [1.54, 1.807) is 0 Å². The summed E-state index contributed by atoms with van der Waals surface area (Å²) in [5.74, 6) is 0.857. The number of rotatable bonds is 5. The minimum Gasteiger partial charge on any atom is -0.355 e. The van der Waals surface area contributed by atoms with Crippen molar-refractivity contribution in [3.8, 4) is 0 Å². The van der Waals surface area contributed by atoms with Crippen LogP contribution in [0, 0.1) is 0 Å². The van der Waals surface area contributed by atoms with Gasteiger partial charge in [0.15, 0.2) is 5.65 Å². The van der Waals surface area contributed by atoms with E-state index in [4.69, 9.17) is 0 Å². The summed E-state index contributed by atoms with van der Waals surface area (Å²) >= 11 is 3.38. The first kappa shape index (κ1) is 14.7. The molecule has 2 aromatic heterocycles. The molecular formula is C16H15BrN4O. The van der Waals surface area contributed by atoms with Gasteiger partial charge in [-0.15, -0.1) is 10.2 Å². The number of benzene rings is 1. The molecule has 0 bridgehead atoms. The number of nitrogens with one attached hydrogen (secondary N) is 1. The number of nitrogens with zero attached hydrogens (tertiary/aromatic N) is 3. The molecule has 2 heterocycles. The van der Waals surface area contributed by atoms with Crippen molar-refractivity contribution in [2.45, 2.75) is 12.8 Å². The Labute approximate surface area is 136 Å². The van der Waals surface area contributed by atoms with Crippen LogP contribution in [0.25, 0.3) is 5.65 Å². The minimum absolute atomic E-state index is 0.0103. The molecule has 1 amide bonds. The van der Waals surface area contributed by atoms with Gasteiger partial charge in [0.05, 0.1) is 6.42 Å². The highest BCUT2D eigenvalue weighted by molar-refractivity contribution is 9.10. The molecule has 0 aliphatic rings. The lowest BCUT2D eigenvalue weighted by molar-refractivity contribution is -0.120. The van der Waals surface area contributed by atoms with Crippen LogP contribution in [-0.2, 0) is 17.6 Å². The Kier molecular flexibility index (Phi) is 4.48. The second-order valence-electron chi connectivity index (χ2n) is 4.95. The summed E-state index contributed by atoms with van der Waals surface area (Å²) in [5, 5.41) is 11.1. The topological polar surface area (TPSA) is 59.3 Å². The first-order chi connectivity index (χ1) is 10.7. The molecule has 0 saturated heterocycles. The third-order valence-corrected chi connectivity index (χ3v) is 3.86. The van der Waals surface area contributed by atoms with E-state index in [1.165, 1.54) is 0 Å². The van der Waals surface area contributed by atoms with Gasteiger partial charge in [0.1, 0.15) is 5.82 Å². The summed E-state index contributed by atoms with van der Waals surface area (Å²) in [6, 6.07) is 13.5. The van der Waals surface area contributed by atoms with E-state index in [0.717, 1.165) is 21.5 Å². The smallest absolute Gasteiger partial charge is 0.224 e. The molecule has 1 N–H and O–H groups in total. The first-order valence-electron chi connectivity index (χ1n) is 7.02. The molecule has 0 spiro atoms. The van der Waals surface area contributed by atoms with Crippen molar-refractivity contribution in [3.63, 3.8) is 0 Å². The Morgan fingerprint density at radius 2 is 1.95 bits per heavy atom. The fourth-order valence-electron chi connectivity index (χ4n) is 2.23. The monoisotopic (exact) mass is 358 g/mol. The van der Waals surface area contributed by atoms with Crippen LogP contribution in [-0.4, -0.2) is 27.0 Å². The molecule has 3 aromatic rings. The van der Waals surface area contributed by atoms with Crippen molar-refractivity contribution in [1.82, 2.24) is 19.9 Å². The predicted octanol–water partition coefficient (Wildman–Crippen LogP) is 2.39. The second-order valence-corrected chi connectivity index (χ2v) is 5.86. The normalized spacial score (nSPS) is 10.8. The standard InChI is InChI=1S/C16H15BrN4O/c17-13-6-4-12(5-7-13)11-16(22)18-9-8-15-20-19-14-3-1-2-10-21(14)15/h1-7,10H,8-9,11H2,(H,18,22). The van der Waals surface area contributed by atoms with E-state index in [0.29, 0.717) is 19.4 Å². The fraction of sp³-hybridized carbons (Fsp3) is 0.188. The minimum atomic E-state index is 0.0103. The SMILES string of the molecule is O=C(Cc1ccc(Br)cc1)NCCc1nnc2ccccn12. The Balaban J connectivity index is 1.52.